The monoisotopic (exact) mass is 529 g/mol. The number of primary amides is 1. The van der Waals surface area contributed by atoms with Gasteiger partial charge in [-0.25, -0.2) is 0 Å². The van der Waals surface area contributed by atoms with Crippen molar-refractivity contribution >= 4 is 41.5 Å². The fourth-order valence-corrected chi connectivity index (χ4v) is 3.25. The molecule has 1 amide bonds. The SMILES string of the molecule is CN=C(NCc1ccc(C(N)=O)o1)NC1CCN(c2cc(OC)cc(OC)c2)C1.I. The number of methoxy groups -OCH3 is 2. The predicted molar refractivity (Wildman–Crippen MR) is 126 cm³/mol. The lowest BCUT2D eigenvalue weighted by Gasteiger charge is -2.21. The van der Waals surface area contributed by atoms with Crippen LogP contribution < -0.4 is 30.7 Å². The molecule has 2 heterocycles. The highest BCUT2D eigenvalue weighted by atomic mass is 127. The zero-order valence-corrected chi connectivity index (χ0v) is 19.6. The quantitative estimate of drug-likeness (QED) is 0.286. The third kappa shape index (κ3) is 5.94. The molecular formula is C20H28IN5O4. The summed E-state index contributed by atoms with van der Waals surface area (Å²) in [4.78, 5) is 17.7. The van der Waals surface area contributed by atoms with Crippen molar-refractivity contribution < 1.29 is 18.7 Å². The molecule has 1 aromatic carbocycles. The number of amides is 1. The Morgan fingerprint density at radius 1 is 1.27 bits per heavy atom. The minimum Gasteiger partial charge on any atom is -0.497 e. The number of hydrogen-bond donors (Lipinski definition) is 3. The van der Waals surface area contributed by atoms with Crippen LogP contribution in [0.15, 0.2) is 39.7 Å². The summed E-state index contributed by atoms with van der Waals surface area (Å²) in [6, 6.07) is 9.38. The number of aliphatic imine (C=N–C) groups is 1. The van der Waals surface area contributed by atoms with Crippen molar-refractivity contribution in [2.45, 2.75) is 19.0 Å². The van der Waals surface area contributed by atoms with E-state index >= 15 is 0 Å². The molecular weight excluding hydrogens is 501 g/mol. The van der Waals surface area contributed by atoms with E-state index in [1.54, 1.807) is 33.4 Å². The number of anilines is 1. The highest BCUT2D eigenvalue weighted by Gasteiger charge is 2.24. The lowest BCUT2D eigenvalue weighted by Crippen LogP contribution is -2.44. The van der Waals surface area contributed by atoms with Gasteiger partial charge in [-0.05, 0) is 18.6 Å². The van der Waals surface area contributed by atoms with Crippen molar-refractivity contribution in [3.05, 3.63) is 41.9 Å². The van der Waals surface area contributed by atoms with Gasteiger partial charge in [-0.3, -0.25) is 9.79 Å². The Bertz CT molecular complexity index is 864. The summed E-state index contributed by atoms with van der Waals surface area (Å²) >= 11 is 0. The van der Waals surface area contributed by atoms with Gasteiger partial charge in [0.15, 0.2) is 11.7 Å². The molecule has 1 saturated heterocycles. The Morgan fingerprint density at radius 3 is 2.53 bits per heavy atom. The molecule has 2 aromatic rings. The molecule has 1 unspecified atom stereocenters. The molecule has 0 aliphatic carbocycles. The third-order valence-electron chi connectivity index (χ3n) is 4.79. The summed E-state index contributed by atoms with van der Waals surface area (Å²) in [5.74, 6) is 2.36. The van der Waals surface area contributed by atoms with Gasteiger partial charge in [0.05, 0.1) is 20.8 Å². The van der Waals surface area contributed by atoms with E-state index in [1.165, 1.54) is 0 Å². The Labute approximate surface area is 193 Å². The first kappa shape index (κ1) is 23.6. The summed E-state index contributed by atoms with van der Waals surface area (Å²) in [6.07, 6.45) is 0.965. The van der Waals surface area contributed by atoms with E-state index in [9.17, 15) is 4.79 Å². The van der Waals surface area contributed by atoms with E-state index in [2.05, 4.69) is 20.5 Å². The van der Waals surface area contributed by atoms with E-state index in [0.717, 1.165) is 36.7 Å². The molecule has 0 radical (unpaired) electrons. The van der Waals surface area contributed by atoms with Crippen LogP contribution in [0.4, 0.5) is 5.69 Å². The normalized spacial score (nSPS) is 16.0. The first-order chi connectivity index (χ1) is 14.0. The first-order valence-corrected chi connectivity index (χ1v) is 9.36. The topological polar surface area (TPSA) is 114 Å². The largest absolute Gasteiger partial charge is 0.497 e. The van der Waals surface area contributed by atoms with Crippen LogP contribution in [0.1, 0.15) is 22.7 Å². The van der Waals surface area contributed by atoms with Crippen LogP contribution >= 0.6 is 24.0 Å². The zero-order valence-electron chi connectivity index (χ0n) is 17.3. The van der Waals surface area contributed by atoms with E-state index < -0.39 is 5.91 Å². The maximum absolute atomic E-state index is 11.1. The lowest BCUT2D eigenvalue weighted by molar-refractivity contribution is 0.0972. The Balaban J connectivity index is 0.00000320. The van der Waals surface area contributed by atoms with Gasteiger partial charge in [-0.1, -0.05) is 0 Å². The zero-order chi connectivity index (χ0) is 20.8. The molecule has 1 aromatic heterocycles. The van der Waals surface area contributed by atoms with Gasteiger partial charge in [0, 0.05) is 50.1 Å². The molecule has 30 heavy (non-hydrogen) atoms. The van der Waals surface area contributed by atoms with Gasteiger partial charge in [-0.15, -0.1) is 24.0 Å². The molecule has 3 rings (SSSR count). The molecule has 10 heteroatoms. The Hall–Kier alpha value is -2.63. The van der Waals surface area contributed by atoms with Crippen LogP contribution in [0.3, 0.4) is 0 Å². The molecule has 1 aliphatic heterocycles. The molecule has 0 spiro atoms. The summed E-state index contributed by atoms with van der Waals surface area (Å²) < 4.78 is 16.1. The standard InChI is InChI=1S/C20H27N5O4.HI/c1-22-20(23-11-15-4-5-18(29-15)19(21)26)24-13-6-7-25(12-13)14-8-16(27-2)10-17(9-14)28-3;/h4-5,8-10,13H,6-7,11-12H2,1-3H3,(H2,21,26)(H2,22,23,24);1H. The van der Waals surface area contributed by atoms with Gasteiger partial charge in [0.2, 0.25) is 0 Å². The minimum absolute atomic E-state index is 0. The number of nitrogens with zero attached hydrogens (tertiary/aromatic N) is 2. The Morgan fingerprint density at radius 2 is 1.97 bits per heavy atom. The number of furan rings is 1. The number of halogens is 1. The van der Waals surface area contributed by atoms with E-state index in [1.807, 2.05) is 18.2 Å². The molecule has 164 valence electrons. The summed E-state index contributed by atoms with van der Waals surface area (Å²) in [5, 5.41) is 6.61. The van der Waals surface area contributed by atoms with Crippen LogP contribution in [0, 0.1) is 0 Å². The number of carbonyl (C=O) groups is 1. The van der Waals surface area contributed by atoms with E-state index in [0.29, 0.717) is 18.3 Å². The lowest BCUT2D eigenvalue weighted by atomic mass is 10.2. The number of nitrogens with two attached hydrogens (primary N) is 1. The molecule has 0 bridgehead atoms. The molecule has 1 atom stereocenters. The minimum atomic E-state index is -0.584. The van der Waals surface area contributed by atoms with Crippen molar-refractivity contribution in [2.75, 3.05) is 39.3 Å². The van der Waals surface area contributed by atoms with Gasteiger partial charge in [0.25, 0.3) is 5.91 Å². The van der Waals surface area contributed by atoms with Crippen LogP contribution in [0.5, 0.6) is 11.5 Å². The van der Waals surface area contributed by atoms with Crippen molar-refractivity contribution in [3.8, 4) is 11.5 Å². The highest BCUT2D eigenvalue weighted by molar-refractivity contribution is 14.0. The van der Waals surface area contributed by atoms with Gasteiger partial charge in [-0.2, -0.15) is 0 Å². The molecule has 4 N–H and O–H groups in total. The van der Waals surface area contributed by atoms with Crippen LogP contribution in [0.25, 0.3) is 0 Å². The maximum atomic E-state index is 11.1. The van der Waals surface area contributed by atoms with Crippen molar-refractivity contribution in [3.63, 3.8) is 0 Å². The molecule has 1 fully saturated rings. The second-order valence-corrected chi connectivity index (χ2v) is 6.70. The predicted octanol–water partition coefficient (Wildman–Crippen LogP) is 1.96. The van der Waals surface area contributed by atoms with Gasteiger partial charge < -0.3 is 35.2 Å². The first-order valence-electron chi connectivity index (χ1n) is 9.36. The van der Waals surface area contributed by atoms with Crippen molar-refractivity contribution in [1.82, 2.24) is 10.6 Å². The van der Waals surface area contributed by atoms with Crippen molar-refractivity contribution in [1.29, 1.82) is 0 Å². The number of ether oxygens (including phenoxy) is 2. The van der Waals surface area contributed by atoms with E-state index in [4.69, 9.17) is 19.6 Å². The van der Waals surface area contributed by atoms with Crippen molar-refractivity contribution in [2.24, 2.45) is 10.7 Å². The molecule has 1 aliphatic rings. The summed E-state index contributed by atoms with van der Waals surface area (Å²) in [5.41, 5.74) is 6.26. The second kappa shape index (κ2) is 11.0. The number of nitrogens with one attached hydrogen (secondary N) is 2. The average molecular weight is 529 g/mol. The number of hydrogen-bond acceptors (Lipinski definition) is 6. The fraction of sp³-hybridized carbons (Fsp3) is 0.400. The Kier molecular flexibility index (Phi) is 8.63. The van der Waals surface area contributed by atoms with Crippen LogP contribution in [-0.2, 0) is 6.54 Å². The second-order valence-electron chi connectivity index (χ2n) is 6.70. The third-order valence-corrected chi connectivity index (χ3v) is 4.79. The maximum Gasteiger partial charge on any atom is 0.284 e. The van der Waals surface area contributed by atoms with Crippen LogP contribution in [0.2, 0.25) is 0 Å². The smallest absolute Gasteiger partial charge is 0.284 e. The van der Waals surface area contributed by atoms with Gasteiger partial charge in [0.1, 0.15) is 17.3 Å². The fourth-order valence-electron chi connectivity index (χ4n) is 3.25. The summed E-state index contributed by atoms with van der Waals surface area (Å²) in [6.45, 7) is 2.13. The van der Waals surface area contributed by atoms with Gasteiger partial charge >= 0.3 is 0 Å². The van der Waals surface area contributed by atoms with E-state index in [-0.39, 0.29) is 35.8 Å². The number of carbonyl (C=O) groups excluding carboxylic acids is 1. The van der Waals surface area contributed by atoms with Crippen LogP contribution in [-0.4, -0.2) is 52.3 Å². The number of benzene rings is 1. The number of rotatable bonds is 7. The highest BCUT2D eigenvalue weighted by Crippen LogP contribution is 2.30. The molecule has 0 saturated carbocycles. The summed E-state index contributed by atoms with van der Waals surface area (Å²) in [7, 11) is 5.01. The average Bonchev–Trinajstić information content (AvgIpc) is 3.40. The molecule has 9 nitrogen and oxygen atoms in total. The number of guanidine groups is 1.